The van der Waals surface area contributed by atoms with Gasteiger partial charge in [0, 0.05) is 33.4 Å². The van der Waals surface area contributed by atoms with Gasteiger partial charge < -0.3 is 0 Å². The van der Waals surface area contributed by atoms with Crippen molar-refractivity contribution in [2.45, 2.75) is 0 Å². The summed E-state index contributed by atoms with van der Waals surface area (Å²) in [6, 6.07) is 58.9. The third-order valence-corrected chi connectivity index (χ3v) is 8.28. The van der Waals surface area contributed by atoms with Gasteiger partial charge in [0.15, 0.2) is 11.6 Å². The molecule has 0 aliphatic carbocycles. The maximum atomic E-state index is 15.1. The lowest BCUT2D eigenvalue weighted by atomic mass is 9.74. The van der Waals surface area contributed by atoms with Gasteiger partial charge in [0.25, 0.3) is 0 Å². The Balaban J connectivity index is 1.78. The summed E-state index contributed by atoms with van der Waals surface area (Å²) in [6.07, 6.45) is 0. The molecule has 7 aromatic rings. The lowest BCUT2D eigenvalue weighted by molar-refractivity contribution is 0.100. The molecule has 0 amide bonds. The van der Waals surface area contributed by atoms with Gasteiger partial charge >= 0.3 is 0 Å². The predicted octanol–water partition coefficient (Wildman–Crippen LogP) is 10.8. The van der Waals surface area contributed by atoms with Crippen LogP contribution in [0.3, 0.4) is 0 Å². The molecule has 0 fully saturated rings. The Morgan fingerprint density at radius 3 is 0.739 bits per heavy atom. The molecule has 0 saturated heterocycles. The molecule has 0 atom stereocenters. The van der Waals surface area contributed by atoms with Crippen molar-refractivity contribution in [1.82, 2.24) is 0 Å². The zero-order valence-electron chi connectivity index (χ0n) is 25.1. The Labute approximate surface area is 269 Å². The van der Waals surface area contributed by atoms with E-state index in [1.165, 1.54) is 0 Å². The second-order valence-corrected chi connectivity index (χ2v) is 11.1. The van der Waals surface area contributed by atoms with Crippen molar-refractivity contribution in [3.63, 3.8) is 0 Å². The minimum absolute atomic E-state index is 0.201. The second-order valence-electron chi connectivity index (χ2n) is 11.1. The molecule has 218 valence electrons. The van der Waals surface area contributed by atoms with Crippen LogP contribution in [0.2, 0.25) is 0 Å². The fourth-order valence-electron chi connectivity index (χ4n) is 6.25. The smallest absolute Gasteiger partial charge is 0.194 e. The lowest BCUT2D eigenvalue weighted by Crippen LogP contribution is -2.17. The summed E-state index contributed by atoms with van der Waals surface area (Å²) in [5.41, 5.74) is 8.74. The molecule has 0 aliphatic heterocycles. The predicted molar refractivity (Wildman–Crippen MR) is 188 cm³/mol. The van der Waals surface area contributed by atoms with Crippen LogP contribution in [0.4, 0.5) is 0 Å². The minimum atomic E-state index is -0.201. The van der Waals surface area contributed by atoms with E-state index in [4.69, 9.17) is 0 Å². The van der Waals surface area contributed by atoms with Crippen molar-refractivity contribution in [2.75, 3.05) is 0 Å². The number of carbonyl (C=O) groups excluding carboxylic acids is 2. The molecule has 2 nitrogen and oxygen atoms in total. The van der Waals surface area contributed by atoms with E-state index < -0.39 is 0 Å². The molecular formula is C44H30O2. The first-order valence-electron chi connectivity index (χ1n) is 15.4. The molecule has 2 heteroatoms. The van der Waals surface area contributed by atoms with Crippen molar-refractivity contribution in [1.29, 1.82) is 0 Å². The highest BCUT2D eigenvalue weighted by molar-refractivity contribution is 6.28. The van der Waals surface area contributed by atoms with E-state index in [-0.39, 0.29) is 11.6 Å². The van der Waals surface area contributed by atoms with E-state index in [0.717, 1.165) is 44.5 Å². The third kappa shape index (κ3) is 5.38. The van der Waals surface area contributed by atoms with Crippen LogP contribution in [0.5, 0.6) is 0 Å². The Hall–Kier alpha value is -6.12. The van der Waals surface area contributed by atoms with E-state index in [2.05, 4.69) is 24.3 Å². The average Bonchev–Trinajstić information content (AvgIpc) is 3.15. The second kappa shape index (κ2) is 12.9. The normalized spacial score (nSPS) is 10.8. The maximum absolute atomic E-state index is 15.1. The maximum Gasteiger partial charge on any atom is 0.194 e. The molecule has 7 aromatic carbocycles. The highest BCUT2D eigenvalue weighted by Gasteiger charge is 2.33. The first-order valence-corrected chi connectivity index (χ1v) is 15.4. The van der Waals surface area contributed by atoms with Crippen LogP contribution in [0.25, 0.3) is 44.5 Å². The number of hydrogen-bond donors (Lipinski definition) is 0. The van der Waals surface area contributed by atoms with Crippen LogP contribution in [0.1, 0.15) is 31.8 Å². The minimum Gasteiger partial charge on any atom is -0.289 e. The molecule has 46 heavy (non-hydrogen) atoms. The zero-order valence-corrected chi connectivity index (χ0v) is 25.1. The van der Waals surface area contributed by atoms with E-state index in [0.29, 0.717) is 22.3 Å². The van der Waals surface area contributed by atoms with Gasteiger partial charge in [-0.05, 0) is 33.4 Å². The van der Waals surface area contributed by atoms with Crippen molar-refractivity contribution in [3.8, 4) is 44.5 Å². The fourth-order valence-corrected chi connectivity index (χ4v) is 6.25. The monoisotopic (exact) mass is 590 g/mol. The van der Waals surface area contributed by atoms with Crippen LogP contribution in [0, 0.1) is 0 Å². The van der Waals surface area contributed by atoms with E-state index in [1.807, 2.05) is 158 Å². The SMILES string of the molecule is O=C(c1ccccc1)c1c(C(=O)c2ccccc2)c(-c2ccccc2)c(-c2ccccc2)c(-c2ccccc2)c1-c1ccccc1. The Morgan fingerprint density at radius 2 is 0.478 bits per heavy atom. The molecule has 7 rings (SSSR count). The van der Waals surface area contributed by atoms with Crippen molar-refractivity contribution in [2.24, 2.45) is 0 Å². The van der Waals surface area contributed by atoms with Crippen LogP contribution in [-0.2, 0) is 0 Å². The van der Waals surface area contributed by atoms with Crippen LogP contribution in [-0.4, -0.2) is 11.6 Å². The van der Waals surface area contributed by atoms with Gasteiger partial charge in [-0.15, -0.1) is 0 Å². The Morgan fingerprint density at radius 1 is 0.261 bits per heavy atom. The highest BCUT2D eigenvalue weighted by Crippen LogP contribution is 2.50. The summed E-state index contributed by atoms with van der Waals surface area (Å²) < 4.78 is 0. The van der Waals surface area contributed by atoms with Gasteiger partial charge in [0.2, 0.25) is 0 Å². The van der Waals surface area contributed by atoms with Gasteiger partial charge in [0.1, 0.15) is 0 Å². The largest absolute Gasteiger partial charge is 0.289 e. The highest BCUT2D eigenvalue weighted by atomic mass is 16.1. The van der Waals surface area contributed by atoms with Crippen LogP contribution < -0.4 is 0 Å². The van der Waals surface area contributed by atoms with Gasteiger partial charge in [0.05, 0.1) is 0 Å². The Kier molecular flexibility index (Phi) is 8.00. The first kappa shape index (κ1) is 28.6. The molecule has 0 N–H and O–H groups in total. The van der Waals surface area contributed by atoms with Crippen LogP contribution in [0.15, 0.2) is 182 Å². The number of hydrogen-bond acceptors (Lipinski definition) is 2. The van der Waals surface area contributed by atoms with E-state index >= 15 is 9.59 Å². The molecule has 0 radical (unpaired) electrons. The number of ketones is 2. The summed E-state index contributed by atoms with van der Waals surface area (Å²) in [7, 11) is 0. The molecule has 0 bridgehead atoms. The third-order valence-electron chi connectivity index (χ3n) is 8.28. The number of carbonyl (C=O) groups is 2. The number of rotatable bonds is 8. The molecule has 0 saturated carbocycles. The van der Waals surface area contributed by atoms with Crippen LogP contribution >= 0.6 is 0 Å². The summed E-state index contributed by atoms with van der Waals surface area (Å²) in [5.74, 6) is -0.402. The summed E-state index contributed by atoms with van der Waals surface area (Å²) in [5, 5.41) is 0. The topological polar surface area (TPSA) is 34.1 Å². The summed E-state index contributed by atoms with van der Waals surface area (Å²) >= 11 is 0. The quantitative estimate of drug-likeness (QED) is 0.165. The zero-order chi connectivity index (χ0) is 31.3. The Bertz CT molecular complexity index is 1960. The molecule has 0 spiro atoms. The lowest BCUT2D eigenvalue weighted by Gasteiger charge is -2.27. The van der Waals surface area contributed by atoms with Gasteiger partial charge in [-0.2, -0.15) is 0 Å². The molecule has 0 aliphatic rings. The summed E-state index contributed by atoms with van der Waals surface area (Å²) in [4.78, 5) is 30.1. The van der Waals surface area contributed by atoms with Gasteiger partial charge in [-0.25, -0.2) is 0 Å². The number of benzene rings is 7. The van der Waals surface area contributed by atoms with Crippen molar-refractivity contribution in [3.05, 3.63) is 204 Å². The van der Waals surface area contributed by atoms with E-state index in [9.17, 15) is 0 Å². The molecule has 0 heterocycles. The van der Waals surface area contributed by atoms with Crippen molar-refractivity contribution < 1.29 is 9.59 Å². The molecule has 0 unspecified atom stereocenters. The fraction of sp³-hybridized carbons (Fsp3) is 0. The standard InChI is InChI=1S/C44H30O2/c45-43(35-27-15-5-16-28-35)41-39(33-23-11-3-12-24-33)37(31-19-7-1-8-20-31)38(32-21-9-2-10-22-32)40(34-25-13-4-14-26-34)42(41)44(46)36-29-17-6-18-30-36/h1-30H. The molecule has 0 aromatic heterocycles. The van der Waals surface area contributed by atoms with E-state index in [1.54, 1.807) is 0 Å². The molecular weight excluding hydrogens is 560 g/mol. The van der Waals surface area contributed by atoms with Gasteiger partial charge in [-0.3, -0.25) is 9.59 Å². The van der Waals surface area contributed by atoms with Gasteiger partial charge in [-0.1, -0.05) is 182 Å². The first-order chi connectivity index (χ1) is 22.7. The summed E-state index contributed by atoms with van der Waals surface area (Å²) in [6.45, 7) is 0. The van der Waals surface area contributed by atoms with Crippen molar-refractivity contribution >= 4 is 11.6 Å². The average molecular weight is 591 g/mol.